The van der Waals surface area contributed by atoms with Crippen molar-refractivity contribution in [2.24, 2.45) is 0 Å². The number of rotatable bonds is 6. The van der Waals surface area contributed by atoms with Gasteiger partial charge in [-0.2, -0.15) is 0 Å². The van der Waals surface area contributed by atoms with Gasteiger partial charge in [-0.15, -0.1) is 0 Å². The highest BCUT2D eigenvalue weighted by Crippen LogP contribution is 2.20. The van der Waals surface area contributed by atoms with Crippen molar-refractivity contribution in [2.75, 3.05) is 12.8 Å². The van der Waals surface area contributed by atoms with Crippen molar-refractivity contribution in [1.82, 2.24) is 5.32 Å². The van der Waals surface area contributed by atoms with E-state index >= 15 is 0 Å². The lowest BCUT2D eigenvalue weighted by atomic mass is 10.2. The minimum Gasteiger partial charge on any atom is -0.457 e. The zero-order valence-electron chi connectivity index (χ0n) is 12.6. The van der Waals surface area contributed by atoms with Crippen LogP contribution in [-0.4, -0.2) is 27.1 Å². The van der Waals surface area contributed by atoms with E-state index in [4.69, 9.17) is 4.74 Å². The zero-order valence-corrected chi connectivity index (χ0v) is 13.4. The summed E-state index contributed by atoms with van der Waals surface area (Å²) in [6, 6.07) is 16.0. The zero-order chi connectivity index (χ0) is 16.7. The van der Waals surface area contributed by atoms with Gasteiger partial charge in [0.15, 0.2) is 9.84 Å². The molecule has 0 heterocycles. The highest BCUT2D eigenvalue weighted by Gasteiger charge is 2.05. The van der Waals surface area contributed by atoms with Crippen LogP contribution in [0.15, 0.2) is 66.1 Å². The van der Waals surface area contributed by atoms with E-state index in [9.17, 15) is 13.2 Å². The van der Waals surface area contributed by atoms with Gasteiger partial charge < -0.3 is 10.1 Å². The van der Waals surface area contributed by atoms with Crippen LogP contribution in [0, 0.1) is 0 Å². The molecule has 0 aromatic heterocycles. The number of benzene rings is 2. The number of para-hydroxylation sites is 1. The van der Waals surface area contributed by atoms with Gasteiger partial charge in [0.1, 0.15) is 11.5 Å². The number of nitrogens with one attached hydrogen (secondary N) is 1. The quantitative estimate of drug-likeness (QED) is 0.883. The van der Waals surface area contributed by atoms with Crippen LogP contribution in [0.5, 0.6) is 11.5 Å². The number of hydrogen-bond acceptors (Lipinski definition) is 4. The summed E-state index contributed by atoms with van der Waals surface area (Å²) in [6.45, 7) is 0.147. The van der Waals surface area contributed by atoms with Crippen molar-refractivity contribution in [3.05, 3.63) is 71.6 Å². The molecule has 1 amide bonds. The van der Waals surface area contributed by atoms with Crippen LogP contribution in [0.1, 0.15) is 10.4 Å². The van der Waals surface area contributed by atoms with Crippen molar-refractivity contribution < 1.29 is 17.9 Å². The van der Waals surface area contributed by atoms with Gasteiger partial charge in [-0.3, -0.25) is 4.79 Å². The second-order valence-electron chi connectivity index (χ2n) is 4.85. The molecule has 0 saturated carbocycles. The number of hydrogen-bond donors (Lipinski definition) is 1. The summed E-state index contributed by atoms with van der Waals surface area (Å²) in [5.41, 5.74) is 0.471. The molecular weight excluding hydrogens is 314 g/mol. The fourth-order valence-electron chi connectivity index (χ4n) is 1.78. The topological polar surface area (TPSA) is 72.5 Å². The van der Waals surface area contributed by atoms with Crippen LogP contribution in [0.3, 0.4) is 0 Å². The van der Waals surface area contributed by atoms with Crippen LogP contribution in [0.4, 0.5) is 0 Å². The molecule has 0 aliphatic heterocycles. The fraction of sp³-hybridized carbons (Fsp3) is 0.118. The van der Waals surface area contributed by atoms with Gasteiger partial charge in [0.25, 0.3) is 5.91 Å². The molecule has 2 aromatic carbocycles. The maximum atomic E-state index is 11.9. The van der Waals surface area contributed by atoms with Gasteiger partial charge in [-0.25, -0.2) is 8.42 Å². The lowest BCUT2D eigenvalue weighted by Crippen LogP contribution is -2.23. The second kappa shape index (κ2) is 7.60. The molecule has 0 aliphatic rings. The minimum atomic E-state index is -3.17. The molecule has 0 aliphatic carbocycles. The molecule has 120 valence electrons. The van der Waals surface area contributed by atoms with E-state index < -0.39 is 9.84 Å². The maximum Gasteiger partial charge on any atom is 0.251 e. The first-order chi connectivity index (χ1) is 10.9. The Balaban J connectivity index is 1.91. The molecule has 23 heavy (non-hydrogen) atoms. The first-order valence-corrected chi connectivity index (χ1v) is 8.87. The van der Waals surface area contributed by atoms with E-state index in [0.29, 0.717) is 11.3 Å². The van der Waals surface area contributed by atoms with Crippen LogP contribution in [-0.2, 0) is 9.84 Å². The Labute approximate surface area is 135 Å². The molecule has 2 aromatic rings. The molecule has 0 saturated heterocycles. The summed E-state index contributed by atoms with van der Waals surface area (Å²) in [7, 11) is -3.17. The number of carbonyl (C=O) groups excluding carboxylic acids is 1. The van der Waals surface area contributed by atoms with Gasteiger partial charge in [-0.05, 0) is 36.4 Å². The predicted molar refractivity (Wildman–Crippen MR) is 89.3 cm³/mol. The average Bonchev–Trinajstić information content (AvgIpc) is 2.52. The van der Waals surface area contributed by atoms with Crippen molar-refractivity contribution in [3.8, 4) is 11.5 Å². The van der Waals surface area contributed by atoms with E-state index in [1.807, 2.05) is 30.3 Å². The first-order valence-electron chi connectivity index (χ1n) is 6.92. The fourth-order valence-corrected chi connectivity index (χ4v) is 2.22. The van der Waals surface area contributed by atoms with Gasteiger partial charge in [0.05, 0.1) is 0 Å². The molecule has 2 rings (SSSR count). The average molecular weight is 331 g/mol. The Morgan fingerprint density at radius 2 is 1.65 bits per heavy atom. The SMILES string of the molecule is CS(=O)(=O)/C=C/CNC(=O)c1ccc(Oc2ccccc2)cc1. The summed E-state index contributed by atoms with van der Waals surface area (Å²) in [4.78, 5) is 11.9. The predicted octanol–water partition coefficient (Wildman–Crippen LogP) is 2.77. The standard InChI is InChI=1S/C17H17NO4S/c1-23(20,21)13-5-12-18-17(19)14-8-10-16(11-9-14)22-15-6-3-2-4-7-15/h2-11,13H,12H2,1H3,(H,18,19)/b13-5+. The van der Waals surface area contributed by atoms with Gasteiger partial charge in [-0.1, -0.05) is 24.3 Å². The Bertz CT molecular complexity index is 781. The maximum absolute atomic E-state index is 11.9. The van der Waals surface area contributed by atoms with Crippen molar-refractivity contribution in [2.45, 2.75) is 0 Å². The molecule has 0 atom stereocenters. The molecule has 5 nitrogen and oxygen atoms in total. The summed E-state index contributed by atoms with van der Waals surface area (Å²) in [6.07, 6.45) is 2.48. The summed E-state index contributed by atoms with van der Waals surface area (Å²) in [5.74, 6) is 1.06. The number of amides is 1. The van der Waals surface area contributed by atoms with Gasteiger partial charge >= 0.3 is 0 Å². The van der Waals surface area contributed by atoms with Gasteiger partial charge in [0.2, 0.25) is 0 Å². The third kappa shape index (κ3) is 5.96. The third-order valence-corrected chi connectivity index (χ3v) is 3.51. The Morgan fingerprint density at radius 1 is 1.04 bits per heavy atom. The molecule has 0 bridgehead atoms. The summed E-state index contributed by atoms with van der Waals surface area (Å²) < 4.78 is 27.5. The molecule has 1 N–H and O–H groups in total. The molecular formula is C17H17NO4S. The van der Waals surface area contributed by atoms with Crippen LogP contribution in [0.25, 0.3) is 0 Å². The summed E-state index contributed by atoms with van der Waals surface area (Å²) >= 11 is 0. The van der Waals surface area contributed by atoms with E-state index in [1.165, 1.54) is 6.08 Å². The number of carbonyl (C=O) groups is 1. The van der Waals surface area contributed by atoms with Crippen LogP contribution >= 0.6 is 0 Å². The minimum absolute atomic E-state index is 0.147. The molecule has 0 unspecified atom stereocenters. The Hall–Kier alpha value is -2.60. The highest BCUT2D eigenvalue weighted by molar-refractivity contribution is 7.93. The van der Waals surface area contributed by atoms with E-state index in [1.54, 1.807) is 24.3 Å². The van der Waals surface area contributed by atoms with E-state index in [-0.39, 0.29) is 12.5 Å². The largest absolute Gasteiger partial charge is 0.457 e. The third-order valence-electron chi connectivity index (χ3n) is 2.82. The molecule has 0 fully saturated rings. The normalized spacial score (nSPS) is 11.3. The van der Waals surface area contributed by atoms with Crippen molar-refractivity contribution in [1.29, 1.82) is 0 Å². The van der Waals surface area contributed by atoms with Gasteiger partial charge in [0, 0.05) is 23.8 Å². The van der Waals surface area contributed by atoms with Crippen molar-refractivity contribution >= 4 is 15.7 Å². The molecule has 0 spiro atoms. The number of ether oxygens (including phenoxy) is 1. The monoisotopic (exact) mass is 331 g/mol. The Morgan fingerprint density at radius 3 is 2.26 bits per heavy atom. The lowest BCUT2D eigenvalue weighted by Gasteiger charge is -2.06. The Kier molecular flexibility index (Phi) is 5.54. The van der Waals surface area contributed by atoms with Crippen molar-refractivity contribution in [3.63, 3.8) is 0 Å². The lowest BCUT2D eigenvalue weighted by molar-refractivity contribution is 0.0958. The highest BCUT2D eigenvalue weighted by atomic mass is 32.2. The second-order valence-corrected chi connectivity index (χ2v) is 6.78. The van der Waals surface area contributed by atoms with Crippen LogP contribution < -0.4 is 10.1 Å². The van der Waals surface area contributed by atoms with E-state index in [0.717, 1.165) is 17.4 Å². The smallest absolute Gasteiger partial charge is 0.251 e. The first kappa shape index (κ1) is 16.8. The molecule has 6 heteroatoms. The number of sulfone groups is 1. The summed E-state index contributed by atoms with van der Waals surface area (Å²) in [5, 5.41) is 3.67. The van der Waals surface area contributed by atoms with Crippen LogP contribution in [0.2, 0.25) is 0 Å². The molecule has 0 radical (unpaired) electrons. The van der Waals surface area contributed by atoms with E-state index in [2.05, 4.69) is 5.32 Å².